The lowest BCUT2D eigenvalue weighted by Gasteiger charge is -2.28. The van der Waals surface area contributed by atoms with E-state index in [0.717, 1.165) is 5.56 Å². The van der Waals surface area contributed by atoms with Crippen LogP contribution in [0.25, 0.3) is 0 Å². The van der Waals surface area contributed by atoms with Crippen molar-refractivity contribution in [2.24, 2.45) is 0 Å². The van der Waals surface area contributed by atoms with Crippen LogP contribution >= 0.6 is 0 Å². The van der Waals surface area contributed by atoms with E-state index in [-0.39, 0.29) is 11.7 Å². The first-order valence-electron chi connectivity index (χ1n) is 7.86. The van der Waals surface area contributed by atoms with Gasteiger partial charge in [-0.1, -0.05) is 29.8 Å². The zero-order chi connectivity index (χ0) is 18.0. The largest absolute Gasteiger partial charge is 0.327 e. The van der Waals surface area contributed by atoms with Gasteiger partial charge in [0.1, 0.15) is 5.82 Å². The number of amides is 3. The Morgan fingerprint density at radius 3 is 2.32 bits per heavy atom. The van der Waals surface area contributed by atoms with Crippen LogP contribution in [0.15, 0.2) is 59.8 Å². The quantitative estimate of drug-likeness (QED) is 0.802. The Morgan fingerprint density at radius 2 is 1.68 bits per heavy atom. The Hall–Kier alpha value is -3.15. The molecule has 0 aliphatic carbocycles. The molecule has 25 heavy (non-hydrogen) atoms. The van der Waals surface area contributed by atoms with E-state index in [9.17, 15) is 14.0 Å². The number of aryl methyl sites for hydroxylation is 1. The summed E-state index contributed by atoms with van der Waals surface area (Å²) in [6.07, 6.45) is 0. The molecule has 5 nitrogen and oxygen atoms in total. The monoisotopic (exact) mass is 339 g/mol. The Balaban J connectivity index is 1.92. The lowest BCUT2D eigenvalue weighted by atomic mass is 9.95. The summed E-state index contributed by atoms with van der Waals surface area (Å²) in [4.78, 5) is 24.6. The Morgan fingerprint density at radius 1 is 1.04 bits per heavy atom. The number of anilines is 1. The highest BCUT2D eigenvalue weighted by Crippen LogP contribution is 2.28. The van der Waals surface area contributed by atoms with E-state index in [4.69, 9.17) is 0 Å². The minimum atomic E-state index is -0.653. The van der Waals surface area contributed by atoms with E-state index >= 15 is 0 Å². The summed E-state index contributed by atoms with van der Waals surface area (Å²) in [5.41, 5.74) is 3.22. The molecule has 0 radical (unpaired) electrons. The van der Waals surface area contributed by atoms with Gasteiger partial charge in [0, 0.05) is 11.4 Å². The second kappa shape index (κ2) is 6.76. The van der Waals surface area contributed by atoms with Crippen LogP contribution in [0.3, 0.4) is 0 Å². The first-order valence-corrected chi connectivity index (χ1v) is 7.86. The van der Waals surface area contributed by atoms with Crippen molar-refractivity contribution >= 4 is 17.6 Å². The van der Waals surface area contributed by atoms with Gasteiger partial charge >= 0.3 is 6.03 Å². The third kappa shape index (κ3) is 3.68. The van der Waals surface area contributed by atoms with Crippen molar-refractivity contribution in [3.8, 4) is 0 Å². The van der Waals surface area contributed by atoms with Crippen LogP contribution in [0.4, 0.5) is 14.9 Å². The summed E-state index contributed by atoms with van der Waals surface area (Å²) >= 11 is 0. The molecule has 1 aliphatic heterocycles. The topological polar surface area (TPSA) is 70.2 Å². The maximum absolute atomic E-state index is 13.2. The predicted octanol–water partition coefficient (Wildman–Crippen LogP) is 3.40. The van der Waals surface area contributed by atoms with Crippen molar-refractivity contribution in [2.75, 3.05) is 5.32 Å². The maximum atomic E-state index is 13.2. The van der Waals surface area contributed by atoms with Crippen LogP contribution in [0.1, 0.15) is 24.1 Å². The van der Waals surface area contributed by atoms with Gasteiger partial charge in [-0.3, -0.25) is 4.79 Å². The summed E-state index contributed by atoms with van der Waals surface area (Å²) in [6, 6.07) is 12.1. The Labute approximate surface area is 144 Å². The number of hydrogen-bond acceptors (Lipinski definition) is 2. The average molecular weight is 339 g/mol. The third-order valence-corrected chi connectivity index (χ3v) is 4.03. The van der Waals surface area contributed by atoms with E-state index in [2.05, 4.69) is 16.0 Å². The number of carbonyl (C=O) groups is 2. The molecule has 0 saturated heterocycles. The second-order valence-electron chi connectivity index (χ2n) is 5.94. The number of urea groups is 1. The van der Waals surface area contributed by atoms with Crippen molar-refractivity contribution in [3.05, 3.63) is 76.7 Å². The van der Waals surface area contributed by atoms with E-state index in [1.807, 2.05) is 31.2 Å². The van der Waals surface area contributed by atoms with Gasteiger partial charge in [-0.15, -0.1) is 0 Å². The Bertz CT molecular complexity index is 842. The summed E-state index contributed by atoms with van der Waals surface area (Å²) in [7, 11) is 0. The second-order valence-corrected chi connectivity index (χ2v) is 5.94. The molecular weight excluding hydrogens is 321 g/mol. The summed E-state index contributed by atoms with van der Waals surface area (Å²) in [6.45, 7) is 3.63. The summed E-state index contributed by atoms with van der Waals surface area (Å²) < 4.78 is 13.2. The molecule has 3 N–H and O–H groups in total. The molecule has 0 saturated carbocycles. The molecule has 1 atom stereocenters. The van der Waals surface area contributed by atoms with E-state index in [1.54, 1.807) is 19.1 Å². The molecule has 2 aromatic carbocycles. The molecule has 128 valence electrons. The molecule has 0 unspecified atom stereocenters. The third-order valence-electron chi connectivity index (χ3n) is 4.03. The van der Waals surface area contributed by atoms with Crippen LogP contribution in [-0.4, -0.2) is 11.9 Å². The molecule has 1 heterocycles. The molecule has 6 heteroatoms. The normalized spacial score (nSPS) is 16.9. The van der Waals surface area contributed by atoms with Crippen molar-refractivity contribution in [1.29, 1.82) is 0 Å². The number of nitrogens with one attached hydrogen (secondary N) is 3. The highest BCUT2D eigenvalue weighted by Gasteiger charge is 2.31. The summed E-state index contributed by atoms with van der Waals surface area (Å²) in [5, 5.41) is 8.16. The number of halogens is 1. The zero-order valence-electron chi connectivity index (χ0n) is 13.9. The molecule has 0 bridgehead atoms. The van der Waals surface area contributed by atoms with Gasteiger partial charge < -0.3 is 16.0 Å². The lowest BCUT2D eigenvalue weighted by Crippen LogP contribution is -2.45. The average Bonchev–Trinajstić information content (AvgIpc) is 2.57. The number of hydrogen-bond donors (Lipinski definition) is 3. The molecule has 0 fully saturated rings. The number of benzene rings is 2. The smallest absolute Gasteiger partial charge is 0.319 e. The van der Waals surface area contributed by atoms with Crippen molar-refractivity contribution in [2.45, 2.75) is 19.9 Å². The number of rotatable bonds is 3. The minimum absolute atomic E-state index is 0.330. The van der Waals surface area contributed by atoms with Crippen LogP contribution in [0, 0.1) is 12.7 Å². The molecule has 1 aliphatic rings. The molecule has 2 aromatic rings. The van der Waals surface area contributed by atoms with Crippen LogP contribution < -0.4 is 16.0 Å². The van der Waals surface area contributed by atoms with Crippen molar-refractivity contribution < 1.29 is 14.0 Å². The molecule has 0 aromatic heterocycles. The maximum Gasteiger partial charge on any atom is 0.319 e. The van der Waals surface area contributed by atoms with E-state index in [0.29, 0.717) is 22.5 Å². The van der Waals surface area contributed by atoms with Crippen molar-refractivity contribution in [1.82, 2.24) is 10.6 Å². The van der Waals surface area contributed by atoms with Gasteiger partial charge in [-0.25, -0.2) is 9.18 Å². The van der Waals surface area contributed by atoms with Crippen LogP contribution in [0.5, 0.6) is 0 Å². The minimum Gasteiger partial charge on any atom is -0.327 e. The SMILES string of the molecule is CC1=C(C(=O)Nc2ccc(C)cc2)[C@H](c2ccc(F)cc2)NC(=O)N1. The van der Waals surface area contributed by atoms with Gasteiger partial charge in [0.2, 0.25) is 0 Å². The van der Waals surface area contributed by atoms with Crippen molar-refractivity contribution in [3.63, 3.8) is 0 Å². The fourth-order valence-corrected chi connectivity index (χ4v) is 2.74. The summed E-state index contributed by atoms with van der Waals surface area (Å²) in [5.74, 6) is -0.710. The molecule has 3 amide bonds. The van der Waals surface area contributed by atoms with Crippen LogP contribution in [-0.2, 0) is 4.79 Å². The van der Waals surface area contributed by atoms with E-state index in [1.165, 1.54) is 12.1 Å². The fourth-order valence-electron chi connectivity index (χ4n) is 2.74. The fraction of sp³-hybridized carbons (Fsp3) is 0.158. The standard InChI is InChI=1S/C19H18FN3O2/c1-11-3-9-15(10-4-11)22-18(24)16-12(2)21-19(25)23-17(16)13-5-7-14(20)8-6-13/h3-10,17H,1-2H3,(H,22,24)(H2,21,23,25)/t17-/m0/s1. The Kier molecular flexibility index (Phi) is 4.52. The van der Waals surface area contributed by atoms with Gasteiger partial charge in [-0.2, -0.15) is 0 Å². The van der Waals surface area contributed by atoms with Gasteiger partial charge in [0.05, 0.1) is 11.6 Å². The van der Waals surface area contributed by atoms with Crippen LogP contribution in [0.2, 0.25) is 0 Å². The number of carbonyl (C=O) groups excluding carboxylic acids is 2. The first kappa shape index (κ1) is 16.7. The predicted molar refractivity (Wildman–Crippen MR) is 93.3 cm³/mol. The van der Waals surface area contributed by atoms with E-state index < -0.39 is 12.1 Å². The van der Waals surface area contributed by atoms with Gasteiger partial charge in [0.25, 0.3) is 5.91 Å². The highest BCUT2D eigenvalue weighted by atomic mass is 19.1. The molecule has 0 spiro atoms. The zero-order valence-corrected chi connectivity index (χ0v) is 13.9. The van der Waals surface area contributed by atoms with Gasteiger partial charge in [0.15, 0.2) is 0 Å². The molecular formula is C19H18FN3O2. The highest BCUT2D eigenvalue weighted by molar-refractivity contribution is 6.06. The number of allylic oxidation sites excluding steroid dienone is 1. The lowest BCUT2D eigenvalue weighted by molar-refractivity contribution is -0.113. The van der Waals surface area contributed by atoms with Gasteiger partial charge in [-0.05, 0) is 43.7 Å². The molecule has 3 rings (SSSR count). The first-order chi connectivity index (χ1) is 11.9.